The minimum Gasteiger partial charge on any atom is -0.317 e. The zero-order chi connectivity index (χ0) is 12.4. The monoisotopic (exact) mass is 241 g/mol. The molecule has 18 heavy (non-hydrogen) atoms. The van der Waals surface area contributed by atoms with Crippen molar-refractivity contribution >= 4 is 0 Å². The van der Waals surface area contributed by atoms with Gasteiger partial charge in [0.2, 0.25) is 0 Å². The predicted octanol–water partition coefficient (Wildman–Crippen LogP) is 2.65. The lowest BCUT2D eigenvalue weighted by Crippen LogP contribution is -2.26. The number of benzene rings is 1. The second-order valence-corrected chi connectivity index (χ2v) is 5.08. The number of hydrogen-bond donors (Lipinski definition) is 1. The second-order valence-electron chi connectivity index (χ2n) is 5.08. The van der Waals surface area contributed by atoms with Crippen molar-refractivity contribution in [1.82, 2.24) is 15.1 Å². The summed E-state index contributed by atoms with van der Waals surface area (Å²) >= 11 is 0. The van der Waals surface area contributed by atoms with E-state index in [9.17, 15) is 0 Å². The summed E-state index contributed by atoms with van der Waals surface area (Å²) in [4.78, 5) is 0. The summed E-state index contributed by atoms with van der Waals surface area (Å²) in [6.45, 7) is 4.35. The van der Waals surface area contributed by atoms with Crippen LogP contribution in [0, 0.1) is 6.92 Å². The minimum absolute atomic E-state index is 0.722. The molecule has 2 aromatic rings. The lowest BCUT2D eigenvalue weighted by molar-refractivity contribution is 0.460. The summed E-state index contributed by atoms with van der Waals surface area (Å²) in [6, 6.07) is 8.85. The molecule has 0 radical (unpaired) electrons. The van der Waals surface area contributed by atoms with Crippen LogP contribution in [0.1, 0.15) is 29.9 Å². The van der Waals surface area contributed by atoms with Gasteiger partial charge in [-0.1, -0.05) is 12.1 Å². The van der Waals surface area contributed by atoms with E-state index in [1.54, 1.807) is 0 Å². The fourth-order valence-electron chi connectivity index (χ4n) is 2.61. The maximum atomic E-state index is 4.33. The van der Waals surface area contributed by atoms with Crippen molar-refractivity contribution in [2.75, 3.05) is 13.1 Å². The van der Waals surface area contributed by atoms with E-state index in [-0.39, 0.29) is 0 Å². The van der Waals surface area contributed by atoms with E-state index >= 15 is 0 Å². The molecule has 3 rings (SSSR count). The normalized spacial score (nSPS) is 16.9. The molecule has 0 saturated carbocycles. The molecular weight excluding hydrogens is 222 g/mol. The third-order valence-corrected chi connectivity index (χ3v) is 3.68. The van der Waals surface area contributed by atoms with Gasteiger partial charge in [-0.25, -0.2) is 4.68 Å². The van der Waals surface area contributed by atoms with Crippen LogP contribution in [0.15, 0.2) is 36.7 Å². The molecular formula is C15H19N3. The second kappa shape index (κ2) is 4.94. The molecule has 1 aromatic heterocycles. The highest BCUT2D eigenvalue weighted by molar-refractivity contribution is 5.35. The van der Waals surface area contributed by atoms with Crippen LogP contribution in [0.2, 0.25) is 0 Å². The number of hydrogen-bond acceptors (Lipinski definition) is 2. The van der Waals surface area contributed by atoms with Gasteiger partial charge in [-0.3, -0.25) is 0 Å². The molecule has 1 saturated heterocycles. The molecule has 0 bridgehead atoms. The standard InChI is InChI=1S/C15H19N3/c1-12-10-17-18(11-12)15-4-2-13(3-5-15)14-6-8-16-9-7-14/h2-5,10-11,14,16H,6-9H2,1H3. The molecule has 1 aliphatic heterocycles. The first-order valence-electron chi connectivity index (χ1n) is 6.65. The summed E-state index contributed by atoms with van der Waals surface area (Å²) in [5.74, 6) is 0.722. The lowest BCUT2D eigenvalue weighted by Gasteiger charge is -2.23. The lowest BCUT2D eigenvalue weighted by atomic mass is 9.90. The van der Waals surface area contributed by atoms with E-state index in [1.165, 1.54) is 24.0 Å². The number of aromatic nitrogens is 2. The van der Waals surface area contributed by atoms with Crippen LogP contribution >= 0.6 is 0 Å². The van der Waals surface area contributed by atoms with E-state index in [2.05, 4.69) is 47.8 Å². The maximum Gasteiger partial charge on any atom is 0.0645 e. The molecule has 0 aliphatic carbocycles. The van der Waals surface area contributed by atoms with E-state index in [4.69, 9.17) is 0 Å². The first-order chi connectivity index (χ1) is 8.83. The molecule has 0 amide bonds. The summed E-state index contributed by atoms with van der Waals surface area (Å²) in [5.41, 5.74) is 3.79. The average Bonchev–Trinajstić information content (AvgIpc) is 2.87. The molecule has 1 fully saturated rings. The van der Waals surface area contributed by atoms with Crippen LogP contribution < -0.4 is 5.32 Å². The topological polar surface area (TPSA) is 29.9 Å². The molecule has 3 nitrogen and oxygen atoms in total. The van der Waals surface area contributed by atoms with Crippen LogP contribution in [-0.2, 0) is 0 Å². The van der Waals surface area contributed by atoms with Crippen molar-refractivity contribution in [3.8, 4) is 5.69 Å². The Hall–Kier alpha value is -1.61. The van der Waals surface area contributed by atoms with Crippen LogP contribution in [0.4, 0.5) is 0 Å². The molecule has 94 valence electrons. The van der Waals surface area contributed by atoms with Gasteiger partial charge in [0, 0.05) is 6.20 Å². The number of aryl methyl sites for hydroxylation is 1. The van der Waals surface area contributed by atoms with Crippen molar-refractivity contribution in [1.29, 1.82) is 0 Å². The molecule has 3 heteroatoms. The molecule has 0 atom stereocenters. The average molecular weight is 241 g/mol. The Bertz CT molecular complexity index is 507. The maximum absolute atomic E-state index is 4.33. The van der Waals surface area contributed by atoms with Gasteiger partial charge in [-0.15, -0.1) is 0 Å². The van der Waals surface area contributed by atoms with Gasteiger partial charge in [-0.2, -0.15) is 5.10 Å². The number of rotatable bonds is 2. The van der Waals surface area contributed by atoms with Crippen LogP contribution in [-0.4, -0.2) is 22.9 Å². The highest BCUT2D eigenvalue weighted by Gasteiger charge is 2.14. The Morgan fingerprint density at radius 3 is 2.50 bits per heavy atom. The third-order valence-electron chi connectivity index (χ3n) is 3.68. The van der Waals surface area contributed by atoms with Gasteiger partial charge in [0.25, 0.3) is 0 Å². The molecule has 0 spiro atoms. The zero-order valence-corrected chi connectivity index (χ0v) is 10.8. The van der Waals surface area contributed by atoms with Crippen LogP contribution in [0.25, 0.3) is 5.69 Å². The molecule has 1 aliphatic rings. The van der Waals surface area contributed by atoms with Gasteiger partial charge in [0.1, 0.15) is 0 Å². The Balaban J connectivity index is 1.80. The Labute approximate surface area is 108 Å². The van der Waals surface area contributed by atoms with E-state index in [0.29, 0.717) is 0 Å². The fourth-order valence-corrected chi connectivity index (χ4v) is 2.61. The first kappa shape index (κ1) is 11.5. The summed E-state index contributed by atoms with van der Waals surface area (Å²) in [5, 5.41) is 7.75. The van der Waals surface area contributed by atoms with Gasteiger partial charge >= 0.3 is 0 Å². The van der Waals surface area contributed by atoms with Crippen LogP contribution in [0.3, 0.4) is 0 Å². The Morgan fingerprint density at radius 1 is 1.17 bits per heavy atom. The predicted molar refractivity (Wildman–Crippen MR) is 73.1 cm³/mol. The zero-order valence-electron chi connectivity index (χ0n) is 10.8. The summed E-state index contributed by atoms with van der Waals surface area (Å²) in [7, 11) is 0. The molecule has 1 N–H and O–H groups in total. The van der Waals surface area contributed by atoms with Gasteiger partial charge in [0.15, 0.2) is 0 Å². The number of piperidine rings is 1. The van der Waals surface area contributed by atoms with E-state index in [0.717, 1.165) is 24.7 Å². The number of nitrogens with one attached hydrogen (secondary N) is 1. The highest BCUT2D eigenvalue weighted by atomic mass is 15.3. The largest absolute Gasteiger partial charge is 0.317 e. The fraction of sp³-hybridized carbons (Fsp3) is 0.400. The highest BCUT2D eigenvalue weighted by Crippen LogP contribution is 2.25. The molecule has 1 aromatic carbocycles. The van der Waals surface area contributed by atoms with Crippen LogP contribution in [0.5, 0.6) is 0 Å². The SMILES string of the molecule is Cc1cnn(-c2ccc(C3CCNCC3)cc2)c1. The van der Waals surface area contributed by atoms with Crippen molar-refractivity contribution in [2.45, 2.75) is 25.7 Å². The summed E-state index contributed by atoms with van der Waals surface area (Å²) in [6.07, 6.45) is 6.45. The van der Waals surface area contributed by atoms with E-state index in [1.807, 2.05) is 10.9 Å². The number of nitrogens with zero attached hydrogens (tertiary/aromatic N) is 2. The first-order valence-corrected chi connectivity index (χ1v) is 6.65. The van der Waals surface area contributed by atoms with Crippen molar-refractivity contribution < 1.29 is 0 Å². The minimum atomic E-state index is 0.722. The van der Waals surface area contributed by atoms with Crippen molar-refractivity contribution in [2.24, 2.45) is 0 Å². The van der Waals surface area contributed by atoms with Gasteiger partial charge in [0.05, 0.1) is 11.9 Å². The molecule has 2 heterocycles. The molecule has 0 unspecified atom stereocenters. The van der Waals surface area contributed by atoms with Crippen molar-refractivity contribution in [3.63, 3.8) is 0 Å². The van der Waals surface area contributed by atoms with E-state index < -0.39 is 0 Å². The third kappa shape index (κ3) is 2.31. The summed E-state index contributed by atoms with van der Waals surface area (Å²) < 4.78 is 1.93. The Kier molecular flexibility index (Phi) is 3.15. The quantitative estimate of drug-likeness (QED) is 0.876. The smallest absolute Gasteiger partial charge is 0.0645 e. The van der Waals surface area contributed by atoms with Crippen molar-refractivity contribution in [3.05, 3.63) is 47.8 Å². The van der Waals surface area contributed by atoms with Gasteiger partial charge < -0.3 is 5.32 Å². The Morgan fingerprint density at radius 2 is 1.89 bits per heavy atom. The van der Waals surface area contributed by atoms with Gasteiger partial charge in [-0.05, 0) is 62.0 Å².